The highest BCUT2D eigenvalue weighted by Gasteiger charge is 2.55. The van der Waals surface area contributed by atoms with E-state index < -0.39 is 137 Å². The number of amides is 1. The molecule has 3 aliphatic rings. The molecule has 1 amide bonds. The van der Waals surface area contributed by atoms with E-state index in [0.29, 0.717) is 6.41 Å². The van der Waals surface area contributed by atoms with Gasteiger partial charge in [-0.1, -0.05) is 0 Å². The Labute approximate surface area is 257 Å². The quantitative estimate of drug-likeness (QED) is 0.0768. The highest BCUT2D eigenvalue weighted by atomic mass is 16.8. The zero-order chi connectivity index (χ0) is 33.7. The monoisotopic (exact) mass is 663 g/mol. The molecule has 3 fully saturated rings. The van der Waals surface area contributed by atoms with Crippen molar-refractivity contribution in [3.8, 4) is 0 Å². The van der Waals surface area contributed by atoms with Gasteiger partial charge < -0.3 is 94.6 Å². The molecular weight excluding hydrogens is 618 g/mol. The maximum absolute atomic E-state index is 11.1. The number of carbonyl (C=O) groups is 1. The molecule has 45 heavy (non-hydrogen) atoms. The summed E-state index contributed by atoms with van der Waals surface area (Å²) >= 11 is 0. The Morgan fingerprint density at radius 2 is 1.20 bits per heavy atom. The highest BCUT2D eigenvalue weighted by molar-refractivity contribution is 5.46. The Balaban J connectivity index is 2.02. The molecule has 18 atom stereocenters. The van der Waals surface area contributed by atoms with Crippen LogP contribution in [0, 0.1) is 0 Å². The van der Waals surface area contributed by atoms with Gasteiger partial charge in [0.05, 0.1) is 25.9 Å². The summed E-state index contributed by atoms with van der Waals surface area (Å²) < 4.78 is 33.9. The number of hydrogen-bond acceptors (Lipinski definition) is 19. The summed E-state index contributed by atoms with van der Waals surface area (Å²) in [5.41, 5.74) is 0. The fraction of sp³-hybridized carbons (Fsp3) is 0.960. The Morgan fingerprint density at radius 1 is 0.689 bits per heavy atom. The predicted octanol–water partition coefficient (Wildman–Crippen LogP) is -8.35. The van der Waals surface area contributed by atoms with Crippen LogP contribution < -0.4 is 0 Å². The Bertz CT molecular complexity index is 904. The van der Waals surface area contributed by atoms with Crippen LogP contribution in [-0.2, 0) is 33.2 Å². The zero-order valence-corrected chi connectivity index (χ0v) is 24.5. The number of likely N-dealkylation sites (N-methyl/N-ethyl adjacent to an activating group) is 1. The lowest BCUT2D eigenvalue weighted by atomic mass is 9.96. The van der Waals surface area contributed by atoms with Crippen molar-refractivity contribution in [1.82, 2.24) is 4.90 Å². The van der Waals surface area contributed by atoms with Crippen molar-refractivity contribution in [1.29, 1.82) is 0 Å². The number of ether oxygens (including phenoxy) is 6. The maximum Gasteiger partial charge on any atom is 0.209 e. The summed E-state index contributed by atoms with van der Waals surface area (Å²) in [5, 5.41) is 124. The summed E-state index contributed by atoms with van der Waals surface area (Å²) in [6.45, 7) is -1.79. The Kier molecular flexibility index (Phi) is 14.2. The SMILES string of the molecule is CC1O[C@@H](OC2[C@H](O[C@H](C(O)CO)[C@H](O)CN(C)C=O)OC(CO)[C@H](O)[C@@H]2O[C@H]2OC(CO)[C@H](O)[C@H](O)C2O)[C@@H](O)C(O)[C@@H]1O. The Hall–Kier alpha value is -1.25. The second kappa shape index (κ2) is 16.7. The van der Waals surface area contributed by atoms with Gasteiger partial charge in [0.2, 0.25) is 6.41 Å². The van der Waals surface area contributed by atoms with Crippen LogP contribution >= 0.6 is 0 Å². The molecule has 0 aliphatic carbocycles. The molecule has 20 heteroatoms. The van der Waals surface area contributed by atoms with Gasteiger partial charge in [-0.05, 0) is 6.92 Å². The molecule has 20 nitrogen and oxygen atoms in total. The average Bonchev–Trinajstić information content (AvgIpc) is 3.02. The molecule has 0 bridgehead atoms. The normalized spacial score (nSPS) is 44.6. The van der Waals surface area contributed by atoms with Crippen LogP contribution in [0.2, 0.25) is 0 Å². The average molecular weight is 664 g/mol. The lowest BCUT2D eigenvalue weighted by molar-refractivity contribution is -0.397. The van der Waals surface area contributed by atoms with Gasteiger partial charge in [-0.15, -0.1) is 0 Å². The second-order valence-electron chi connectivity index (χ2n) is 11.3. The number of aliphatic hydroxyl groups is 12. The van der Waals surface area contributed by atoms with Crippen LogP contribution in [0.5, 0.6) is 0 Å². The molecule has 7 unspecified atom stereocenters. The molecule has 3 heterocycles. The van der Waals surface area contributed by atoms with Gasteiger partial charge in [-0.3, -0.25) is 4.79 Å². The largest absolute Gasteiger partial charge is 0.394 e. The van der Waals surface area contributed by atoms with Crippen LogP contribution in [0.3, 0.4) is 0 Å². The molecule has 3 rings (SSSR count). The molecule has 0 spiro atoms. The first-order valence-electron chi connectivity index (χ1n) is 14.2. The smallest absolute Gasteiger partial charge is 0.209 e. The number of rotatable bonds is 14. The van der Waals surface area contributed by atoms with Crippen molar-refractivity contribution in [3.05, 3.63) is 0 Å². The minimum absolute atomic E-state index is 0.361. The fourth-order valence-corrected chi connectivity index (χ4v) is 5.20. The van der Waals surface area contributed by atoms with Crippen molar-refractivity contribution in [2.45, 2.75) is 117 Å². The summed E-state index contributed by atoms with van der Waals surface area (Å²) in [5.74, 6) is 0. The van der Waals surface area contributed by atoms with Gasteiger partial charge in [-0.2, -0.15) is 0 Å². The van der Waals surface area contributed by atoms with Crippen LogP contribution in [0.4, 0.5) is 0 Å². The fourth-order valence-electron chi connectivity index (χ4n) is 5.20. The minimum atomic E-state index is -1.98. The van der Waals surface area contributed by atoms with Gasteiger partial charge in [0.1, 0.15) is 85.5 Å². The van der Waals surface area contributed by atoms with Crippen LogP contribution in [-0.4, -0.2) is 216 Å². The Morgan fingerprint density at radius 3 is 1.76 bits per heavy atom. The molecule has 12 N–H and O–H groups in total. The van der Waals surface area contributed by atoms with Crippen LogP contribution in [0.25, 0.3) is 0 Å². The molecule has 3 saturated heterocycles. The summed E-state index contributed by atoms with van der Waals surface area (Å²) in [4.78, 5) is 12.1. The third-order valence-corrected chi connectivity index (χ3v) is 7.93. The van der Waals surface area contributed by atoms with E-state index >= 15 is 0 Å². The third kappa shape index (κ3) is 8.62. The predicted molar refractivity (Wildman–Crippen MR) is 140 cm³/mol. The molecule has 0 aromatic rings. The second-order valence-corrected chi connectivity index (χ2v) is 11.3. The molecule has 264 valence electrons. The van der Waals surface area contributed by atoms with E-state index in [-0.39, 0.29) is 0 Å². The van der Waals surface area contributed by atoms with E-state index in [2.05, 4.69) is 0 Å². The van der Waals surface area contributed by atoms with Crippen molar-refractivity contribution < 1.29 is 94.5 Å². The molecule has 3 aliphatic heterocycles. The maximum atomic E-state index is 11.1. The van der Waals surface area contributed by atoms with Gasteiger partial charge >= 0.3 is 0 Å². The van der Waals surface area contributed by atoms with Crippen molar-refractivity contribution in [2.75, 3.05) is 33.4 Å². The molecule has 0 saturated carbocycles. The first-order valence-corrected chi connectivity index (χ1v) is 14.2. The topological polar surface area (TPSA) is 318 Å². The number of carbonyl (C=O) groups excluding carboxylic acids is 1. The van der Waals surface area contributed by atoms with Gasteiger partial charge in [0, 0.05) is 13.6 Å². The highest BCUT2D eigenvalue weighted by Crippen LogP contribution is 2.34. The van der Waals surface area contributed by atoms with E-state index in [4.69, 9.17) is 28.4 Å². The van der Waals surface area contributed by atoms with Crippen molar-refractivity contribution >= 4 is 6.41 Å². The van der Waals surface area contributed by atoms with E-state index in [9.17, 15) is 66.1 Å². The molecule has 0 aromatic carbocycles. The summed E-state index contributed by atoms with van der Waals surface area (Å²) in [6.07, 6.45) is -31.1. The standard InChI is InChI=1S/C25H45NO19/c1-8-13(33)16(36)18(38)23(40-8)45-22-21(44-24-19(39)17(37)14(34)11(5-28)41-24)15(35)12(6-29)42-25(22)43-20(10(32)4-27)9(31)3-26(2)7-30/h7-25,27-29,31-39H,3-6H2,1-2H3/t8?,9-,10?,11?,12?,13-,14+,15+,16?,17+,18+,19?,20+,21+,22?,23+,24-,25+/m1/s1. The van der Waals surface area contributed by atoms with Gasteiger partial charge in [0.15, 0.2) is 18.9 Å². The van der Waals surface area contributed by atoms with E-state index in [1.807, 2.05) is 0 Å². The number of nitrogens with zero attached hydrogens (tertiary/aromatic N) is 1. The van der Waals surface area contributed by atoms with Crippen molar-refractivity contribution in [2.24, 2.45) is 0 Å². The van der Waals surface area contributed by atoms with Crippen LogP contribution in [0.15, 0.2) is 0 Å². The summed E-state index contributed by atoms with van der Waals surface area (Å²) in [7, 11) is 1.30. The van der Waals surface area contributed by atoms with Gasteiger partial charge in [0.25, 0.3) is 0 Å². The summed E-state index contributed by atoms with van der Waals surface area (Å²) in [6, 6.07) is 0. The third-order valence-electron chi connectivity index (χ3n) is 7.93. The van der Waals surface area contributed by atoms with Crippen LogP contribution in [0.1, 0.15) is 6.92 Å². The van der Waals surface area contributed by atoms with E-state index in [1.54, 1.807) is 0 Å². The van der Waals surface area contributed by atoms with E-state index in [1.165, 1.54) is 14.0 Å². The lowest BCUT2D eigenvalue weighted by Crippen LogP contribution is -2.67. The first kappa shape index (κ1) is 38.2. The number of hydrogen-bond donors (Lipinski definition) is 12. The number of aliphatic hydroxyl groups excluding tert-OH is 12. The minimum Gasteiger partial charge on any atom is -0.394 e. The molecule has 0 radical (unpaired) electrons. The van der Waals surface area contributed by atoms with Crippen molar-refractivity contribution in [3.63, 3.8) is 0 Å². The van der Waals surface area contributed by atoms with Gasteiger partial charge in [-0.25, -0.2) is 0 Å². The zero-order valence-electron chi connectivity index (χ0n) is 24.5. The molecule has 0 aromatic heterocycles. The van der Waals surface area contributed by atoms with E-state index in [0.717, 1.165) is 4.90 Å². The lowest BCUT2D eigenvalue weighted by Gasteiger charge is -2.49. The molecular formula is C25H45NO19. The first-order chi connectivity index (χ1) is 21.2.